The zero-order valence-electron chi connectivity index (χ0n) is 10.8. The summed E-state index contributed by atoms with van der Waals surface area (Å²) in [5.41, 5.74) is 0.0964. The standard InChI is InChI=1S/C15H10FN3O2/c16-11-6-4-10(5-7-11)14(20)12(9-17)15(21)19-13-3-1-2-8-18-13/h1-8,12H,(H,18,19,21). The summed E-state index contributed by atoms with van der Waals surface area (Å²) in [6.07, 6.45) is 1.47. The molecular formula is C15H10FN3O2. The zero-order valence-corrected chi connectivity index (χ0v) is 10.8. The molecule has 0 radical (unpaired) electrons. The molecular weight excluding hydrogens is 273 g/mol. The fourth-order valence-electron chi connectivity index (χ4n) is 1.65. The first kappa shape index (κ1) is 14.3. The van der Waals surface area contributed by atoms with Crippen molar-refractivity contribution in [3.05, 3.63) is 60.0 Å². The number of halogens is 1. The van der Waals surface area contributed by atoms with E-state index in [4.69, 9.17) is 5.26 Å². The fraction of sp³-hybridized carbons (Fsp3) is 0.0667. The number of hydrogen-bond acceptors (Lipinski definition) is 4. The molecule has 0 saturated carbocycles. The SMILES string of the molecule is N#CC(C(=O)Nc1ccccn1)C(=O)c1ccc(F)cc1. The van der Waals surface area contributed by atoms with E-state index in [1.54, 1.807) is 18.2 Å². The van der Waals surface area contributed by atoms with Gasteiger partial charge in [-0.25, -0.2) is 9.37 Å². The van der Waals surface area contributed by atoms with Gasteiger partial charge in [0.15, 0.2) is 11.7 Å². The summed E-state index contributed by atoms with van der Waals surface area (Å²) in [5.74, 6) is -3.23. The largest absolute Gasteiger partial charge is 0.309 e. The van der Waals surface area contributed by atoms with Gasteiger partial charge in [-0.3, -0.25) is 9.59 Å². The lowest BCUT2D eigenvalue weighted by Gasteiger charge is -2.09. The van der Waals surface area contributed by atoms with Gasteiger partial charge in [0.1, 0.15) is 11.6 Å². The quantitative estimate of drug-likeness (QED) is 0.688. The Morgan fingerprint density at radius 1 is 1.19 bits per heavy atom. The average molecular weight is 283 g/mol. The van der Waals surface area contributed by atoms with E-state index in [2.05, 4.69) is 10.3 Å². The summed E-state index contributed by atoms with van der Waals surface area (Å²) in [7, 11) is 0. The lowest BCUT2D eigenvalue weighted by atomic mass is 9.98. The Morgan fingerprint density at radius 3 is 2.48 bits per heavy atom. The van der Waals surface area contributed by atoms with E-state index in [9.17, 15) is 14.0 Å². The maximum Gasteiger partial charge on any atom is 0.250 e. The maximum atomic E-state index is 12.8. The van der Waals surface area contributed by atoms with E-state index in [1.807, 2.05) is 0 Å². The van der Waals surface area contributed by atoms with Crippen LogP contribution < -0.4 is 5.32 Å². The summed E-state index contributed by atoms with van der Waals surface area (Å²) in [4.78, 5) is 27.9. The molecule has 0 fully saturated rings. The third kappa shape index (κ3) is 3.48. The van der Waals surface area contributed by atoms with E-state index in [0.717, 1.165) is 12.1 Å². The second-order valence-corrected chi connectivity index (χ2v) is 4.14. The van der Waals surface area contributed by atoms with Gasteiger partial charge in [-0.2, -0.15) is 5.26 Å². The summed E-state index contributed by atoms with van der Waals surface area (Å²) in [6, 6.07) is 11.2. The van der Waals surface area contributed by atoms with Crippen LogP contribution in [-0.2, 0) is 4.79 Å². The molecule has 1 unspecified atom stereocenters. The third-order valence-electron chi connectivity index (χ3n) is 2.70. The predicted molar refractivity (Wildman–Crippen MR) is 72.7 cm³/mol. The number of nitriles is 1. The van der Waals surface area contributed by atoms with Crippen molar-refractivity contribution in [3.63, 3.8) is 0 Å². The molecule has 21 heavy (non-hydrogen) atoms. The molecule has 1 amide bonds. The number of amides is 1. The number of rotatable bonds is 4. The van der Waals surface area contributed by atoms with Gasteiger partial charge in [-0.05, 0) is 36.4 Å². The molecule has 1 aromatic heterocycles. The van der Waals surface area contributed by atoms with Crippen LogP contribution in [0.3, 0.4) is 0 Å². The fourth-order valence-corrected chi connectivity index (χ4v) is 1.65. The average Bonchev–Trinajstić information content (AvgIpc) is 2.49. The van der Waals surface area contributed by atoms with Crippen LogP contribution in [0.5, 0.6) is 0 Å². The number of aromatic nitrogens is 1. The lowest BCUT2D eigenvalue weighted by Crippen LogP contribution is -2.29. The second kappa shape index (κ2) is 6.39. The van der Waals surface area contributed by atoms with Crippen molar-refractivity contribution < 1.29 is 14.0 Å². The normalized spacial score (nSPS) is 11.2. The smallest absolute Gasteiger partial charge is 0.250 e. The molecule has 0 aliphatic rings. The molecule has 1 aromatic carbocycles. The van der Waals surface area contributed by atoms with Gasteiger partial charge in [0.05, 0.1) is 6.07 Å². The second-order valence-electron chi connectivity index (χ2n) is 4.14. The number of pyridine rings is 1. The monoisotopic (exact) mass is 283 g/mol. The molecule has 1 heterocycles. The molecule has 0 aliphatic carbocycles. The molecule has 2 rings (SSSR count). The first-order valence-electron chi connectivity index (χ1n) is 6.03. The zero-order chi connectivity index (χ0) is 15.2. The highest BCUT2D eigenvalue weighted by atomic mass is 19.1. The Balaban J connectivity index is 2.15. The molecule has 0 aliphatic heterocycles. The van der Waals surface area contributed by atoms with Gasteiger partial charge in [-0.15, -0.1) is 0 Å². The maximum absolute atomic E-state index is 12.8. The highest BCUT2D eigenvalue weighted by molar-refractivity contribution is 6.15. The number of hydrogen-bond donors (Lipinski definition) is 1. The number of Topliss-reactive ketones (excluding diaryl/α,β-unsaturated/α-hetero) is 1. The molecule has 1 atom stereocenters. The Kier molecular flexibility index (Phi) is 4.36. The van der Waals surface area contributed by atoms with Crippen LogP contribution >= 0.6 is 0 Å². The van der Waals surface area contributed by atoms with Crippen LogP contribution in [0.25, 0.3) is 0 Å². The minimum atomic E-state index is -1.52. The molecule has 6 heteroatoms. The number of benzene rings is 1. The summed E-state index contributed by atoms with van der Waals surface area (Å²) in [5, 5.41) is 11.4. The number of carbonyl (C=O) groups excluding carboxylic acids is 2. The van der Waals surface area contributed by atoms with Crippen molar-refractivity contribution in [1.82, 2.24) is 4.98 Å². The van der Waals surface area contributed by atoms with Crippen molar-refractivity contribution in [2.24, 2.45) is 5.92 Å². The first-order valence-corrected chi connectivity index (χ1v) is 6.03. The van der Waals surface area contributed by atoms with Gasteiger partial charge in [0.2, 0.25) is 0 Å². The van der Waals surface area contributed by atoms with Gasteiger partial charge >= 0.3 is 0 Å². The number of anilines is 1. The van der Waals surface area contributed by atoms with Crippen molar-refractivity contribution >= 4 is 17.5 Å². The Bertz CT molecular complexity index is 693. The minimum absolute atomic E-state index is 0.0964. The van der Waals surface area contributed by atoms with Crippen molar-refractivity contribution in [1.29, 1.82) is 5.26 Å². The van der Waals surface area contributed by atoms with Crippen molar-refractivity contribution in [2.45, 2.75) is 0 Å². The van der Waals surface area contributed by atoms with Crippen LogP contribution in [-0.4, -0.2) is 16.7 Å². The summed E-state index contributed by atoms with van der Waals surface area (Å²) < 4.78 is 12.8. The van der Waals surface area contributed by atoms with E-state index in [-0.39, 0.29) is 11.4 Å². The van der Waals surface area contributed by atoms with Crippen LogP contribution in [0, 0.1) is 23.1 Å². The van der Waals surface area contributed by atoms with Gasteiger partial charge in [0, 0.05) is 11.8 Å². The topological polar surface area (TPSA) is 82.8 Å². The minimum Gasteiger partial charge on any atom is -0.309 e. The van der Waals surface area contributed by atoms with Crippen LogP contribution in [0.15, 0.2) is 48.7 Å². The van der Waals surface area contributed by atoms with Crippen LogP contribution in [0.4, 0.5) is 10.2 Å². The van der Waals surface area contributed by atoms with E-state index in [1.165, 1.54) is 24.4 Å². The number of nitrogens with zero attached hydrogens (tertiary/aromatic N) is 2. The lowest BCUT2D eigenvalue weighted by molar-refractivity contribution is -0.117. The summed E-state index contributed by atoms with van der Waals surface area (Å²) in [6.45, 7) is 0. The number of ketones is 1. The Hall–Kier alpha value is -3.07. The highest BCUT2D eigenvalue weighted by Gasteiger charge is 2.27. The molecule has 0 spiro atoms. The summed E-state index contributed by atoms with van der Waals surface area (Å²) >= 11 is 0. The van der Waals surface area contributed by atoms with E-state index < -0.39 is 23.4 Å². The number of nitrogens with one attached hydrogen (secondary N) is 1. The first-order chi connectivity index (χ1) is 10.1. The highest BCUT2D eigenvalue weighted by Crippen LogP contribution is 2.12. The van der Waals surface area contributed by atoms with E-state index in [0.29, 0.717) is 0 Å². The molecule has 104 valence electrons. The molecule has 0 bridgehead atoms. The molecule has 0 saturated heterocycles. The van der Waals surface area contributed by atoms with Gasteiger partial charge in [-0.1, -0.05) is 6.07 Å². The molecule has 5 nitrogen and oxygen atoms in total. The predicted octanol–water partition coefficient (Wildman–Crippen LogP) is 2.18. The number of carbonyl (C=O) groups is 2. The molecule has 2 aromatic rings. The Morgan fingerprint density at radius 2 is 1.90 bits per heavy atom. The van der Waals surface area contributed by atoms with Crippen LogP contribution in [0.1, 0.15) is 10.4 Å². The molecule has 1 N–H and O–H groups in total. The van der Waals surface area contributed by atoms with Crippen molar-refractivity contribution in [3.8, 4) is 6.07 Å². The van der Waals surface area contributed by atoms with Crippen molar-refractivity contribution in [2.75, 3.05) is 5.32 Å². The van der Waals surface area contributed by atoms with E-state index >= 15 is 0 Å². The van der Waals surface area contributed by atoms with Crippen LogP contribution in [0.2, 0.25) is 0 Å². The third-order valence-corrected chi connectivity index (χ3v) is 2.70. The van der Waals surface area contributed by atoms with Gasteiger partial charge < -0.3 is 5.32 Å². The van der Waals surface area contributed by atoms with Gasteiger partial charge in [0.25, 0.3) is 5.91 Å². The Labute approximate surface area is 120 Å².